The van der Waals surface area contributed by atoms with Gasteiger partial charge in [-0.1, -0.05) is 12.1 Å². The van der Waals surface area contributed by atoms with E-state index in [2.05, 4.69) is 15.3 Å². The number of hydrogen-bond acceptors (Lipinski definition) is 6. The predicted octanol–water partition coefficient (Wildman–Crippen LogP) is 3.25. The van der Waals surface area contributed by atoms with Crippen molar-refractivity contribution in [1.82, 2.24) is 9.97 Å². The quantitative estimate of drug-likeness (QED) is 0.760. The molecule has 0 fully saturated rings. The first kappa shape index (κ1) is 15.2. The molecule has 126 valence electrons. The van der Waals surface area contributed by atoms with Gasteiger partial charge in [0.25, 0.3) is 0 Å². The first-order chi connectivity index (χ1) is 12.2. The van der Waals surface area contributed by atoms with E-state index in [1.165, 1.54) is 18.2 Å². The fourth-order valence-corrected chi connectivity index (χ4v) is 2.68. The van der Waals surface area contributed by atoms with Gasteiger partial charge in [-0.25, -0.2) is 14.4 Å². The number of aromatic nitrogens is 2. The summed E-state index contributed by atoms with van der Waals surface area (Å²) in [6, 6.07) is 10.4. The molecule has 0 aliphatic carbocycles. The standard InChI is InChI=1S/C18H14FN3O3/c19-12-4-2-11(3-5-12)17(22-18-20-6-1-7-21-18)13-8-15-16(9-14(13)23)25-10-24-15/h1-9,17,23H,10H2,(H,20,21,22)/t17-/m1/s1. The fourth-order valence-electron chi connectivity index (χ4n) is 2.68. The van der Waals surface area contributed by atoms with E-state index in [4.69, 9.17) is 9.47 Å². The molecule has 0 radical (unpaired) electrons. The zero-order chi connectivity index (χ0) is 17.2. The molecule has 7 heteroatoms. The number of phenolic OH excluding ortho intramolecular Hbond substituents is 1. The van der Waals surface area contributed by atoms with E-state index in [9.17, 15) is 9.50 Å². The second kappa shape index (κ2) is 6.27. The predicted molar refractivity (Wildman–Crippen MR) is 88.1 cm³/mol. The van der Waals surface area contributed by atoms with E-state index < -0.39 is 6.04 Å². The summed E-state index contributed by atoms with van der Waals surface area (Å²) >= 11 is 0. The molecule has 1 atom stereocenters. The van der Waals surface area contributed by atoms with Crippen LogP contribution in [-0.2, 0) is 0 Å². The third-order valence-electron chi connectivity index (χ3n) is 3.88. The first-order valence-electron chi connectivity index (χ1n) is 7.62. The summed E-state index contributed by atoms with van der Waals surface area (Å²) in [6.07, 6.45) is 3.22. The number of aromatic hydroxyl groups is 1. The Labute approximate surface area is 142 Å². The molecule has 0 unspecified atom stereocenters. The summed E-state index contributed by atoms with van der Waals surface area (Å²) in [5.74, 6) is 1.09. The molecule has 1 aliphatic rings. The van der Waals surface area contributed by atoms with E-state index in [0.717, 1.165) is 5.56 Å². The summed E-state index contributed by atoms with van der Waals surface area (Å²) in [6.45, 7) is 0.106. The SMILES string of the molecule is Oc1cc2c(cc1[C@H](Nc1ncccn1)c1ccc(F)cc1)OCO2. The Morgan fingerprint density at radius 2 is 1.72 bits per heavy atom. The maximum absolute atomic E-state index is 13.3. The Kier molecular flexibility index (Phi) is 3.81. The van der Waals surface area contributed by atoms with Crippen molar-refractivity contribution in [1.29, 1.82) is 0 Å². The van der Waals surface area contributed by atoms with Gasteiger partial charge in [0.1, 0.15) is 11.6 Å². The summed E-state index contributed by atoms with van der Waals surface area (Å²) in [7, 11) is 0. The second-order valence-electron chi connectivity index (χ2n) is 5.47. The van der Waals surface area contributed by atoms with Gasteiger partial charge in [0, 0.05) is 24.0 Å². The van der Waals surface area contributed by atoms with Crippen molar-refractivity contribution in [3.05, 3.63) is 71.8 Å². The van der Waals surface area contributed by atoms with Crippen molar-refractivity contribution in [2.24, 2.45) is 0 Å². The van der Waals surface area contributed by atoms with Crippen LogP contribution in [0, 0.1) is 5.82 Å². The van der Waals surface area contributed by atoms with Crippen LogP contribution in [0.2, 0.25) is 0 Å². The smallest absolute Gasteiger partial charge is 0.231 e. The Morgan fingerprint density at radius 1 is 1.04 bits per heavy atom. The number of halogens is 1. The van der Waals surface area contributed by atoms with E-state index >= 15 is 0 Å². The van der Waals surface area contributed by atoms with Crippen LogP contribution in [0.4, 0.5) is 10.3 Å². The Morgan fingerprint density at radius 3 is 2.44 bits per heavy atom. The van der Waals surface area contributed by atoms with Gasteiger partial charge in [-0.2, -0.15) is 0 Å². The Balaban J connectivity index is 1.78. The van der Waals surface area contributed by atoms with E-state index in [0.29, 0.717) is 23.0 Å². The second-order valence-corrected chi connectivity index (χ2v) is 5.47. The number of fused-ring (bicyclic) bond motifs is 1. The van der Waals surface area contributed by atoms with E-state index in [-0.39, 0.29) is 18.4 Å². The molecule has 4 rings (SSSR count). The summed E-state index contributed by atoms with van der Waals surface area (Å²) in [5.41, 5.74) is 1.28. The molecule has 25 heavy (non-hydrogen) atoms. The van der Waals surface area contributed by atoms with Gasteiger partial charge < -0.3 is 19.9 Å². The lowest BCUT2D eigenvalue weighted by Gasteiger charge is -2.21. The van der Waals surface area contributed by atoms with Crippen molar-refractivity contribution >= 4 is 5.95 Å². The lowest BCUT2D eigenvalue weighted by molar-refractivity contribution is 0.174. The van der Waals surface area contributed by atoms with Crippen LogP contribution in [0.5, 0.6) is 17.2 Å². The van der Waals surface area contributed by atoms with Gasteiger partial charge in [0.05, 0.1) is 6.04 Å². The minimum Gasteiger partial charge on any atom is -0.507 e. The molecular weight excluding hydrogens is 325 g/mol. The van der Waals surface area contributed by atoms with Crippen LogP contribution >= 0.6 is 0 Å². The van der Waals surface area contributed by atoms with Gasteiger partial charge in [-0.05, 0) is 29.8 Å². The Hall–Kier alpha value is -3.35. The molecule has 2 N–H and O–H groups in total. The van der Waals surface area contributed by atoms with Gasteiger partial charge in [-0.15, -0.1) is 0 Å². The zero-order valence-electron chi connectivity index (χ0n) is 13.0. The highest BCUT2D eigenvalue weighted by molar-refractivity contribution is 5.56. The summed E-state index contributed by atoms with van der Waals surface area (Å²) in [4.78, 5) is 8.31. The fraction of sp³-hybridized carbons (Fsp3) is 0.111. The van der Waals surface area contributed by atoms with E-state index in [1.54, 1.807) is 36.7 Å². The van der Waals surface area contributed by atoms with Crippen molar-refractivity contribution in [2.75, 3.05) is 12.1 Å². The van der Waals surface area contributed by atoms with Crippen molar-refractivity contribution in [3.63, 3.8) is 0 Å². The van der Waals surface area contributed by atoms with Crippen LogP contribution in [0.25, 0.3) is 0 Å². The number of hydrogen-bond donors (Lipinski definition) is 2. The molecule has 0 saturated carbocycles. The molecule has 1 aliphatic heterocycles. The molecule has 0 spiro atoms. The minimum atomic E-state index is -0.502. The zero-order valence-corrected chi connectivity index (χ0v) is 13.0. The topological polar surface area (TPSA) is 76.5 Å². The van der Waals surface area contributed by atoms with Crippen LogP contribution in [-0.4, -0.2) is 21.9 Å². The third-order valence-corrected chi connectivity index (χ3v) is 3.88. The van der Waals surface area contributed by atoms with Crippen LogP contribution in [0.1, 0.15) is 17.2 Å². The number of nitrogens with zero attached hydrogens (tertiary/aromatic N) is 2. The van der Waals surface area contributed by atoms with E-state index in [1.807, 2.05) is 0 Å². The maximum Gasteiger partial charge on any atom is 0.231 e. The van der Waals surface area contributed by atoms with Crippen molar-refractivity contribution in [2.45, 2.75) is 6.04 Å². The van der Waals surface area contributed by atoms with Crippen LogP contribution < -0.4 is 14.8 Å². The highest BCUT2D eigenvalue weighted by Crippen LogP contribution is 2.42. The average molecular weight is 339 g/mol. The molecule has 2 heterocycles. The molecule has 0 saturated heterocycles. The van der Waals surface area contributed by atoms with Crippen LogP contribution in [0.3, 0.4) is 0 Å². The van der Waals surface area contributed by atoms with Crippen molar-refractivity contribution in [3.8, 4) is 17.2 Å². The number of benzene rings is 2. The molecule has 2 aromatic carbocycles. The number of rotatable bonds is 4. The Bertz CT molecular complexity index is 888. The third kappa shape index (κ3) is 3.03. The monoisotopic (exact) mass is 339 g/mol. The number of anilines is 1. The average Bonchev–Trinajstić information content (AvgIpc) is 3.08. The normalized spacial score (nSPS) is 13.5. The van der Waals surface area contributed by atoms with Gasteiger partial charge in [-0.3, -0.25) is 0 Å². The minimum absolute atomic E-state index is 0.0296. The first-order valence-corrected chi connectivity index (χ1v) is 7.62. The lowest BCUT2D eigenvalue weighted by Crippen LogP contribution is -2.14. The lowest BCUT2D eigenvalue weighted by atomic mass is 9.97. The molecular formula is C18H14FN3O3. The number of phenols is 1. The van der Waals surface area contributed by atoms with Gasteiger partial charge in [0.15, 0.2) is 11.5 Å². The summed E-state index contributed by atoms with van der Waals surface area (Å²) in [5, 5.41) is 13.6. The number of nitrogens with one attached hydrogen (secondary N) is 1. The van der Waals surface area contributed by atoms with Crippen LogP contribution in [0.15, 0.2) is 54.9 Å². The molecule has 3 aromatic rings. The molecule has 0 amide bonds. The van der Waals surface area contributed by atoms with Gasteiger partial charge >= 0.3 is 0 Å². The maximum atomic E-state index is 13.3. The highest BCUT2D eigenvalue weighted by atomic mass is 19.1. The largest absolute Gasteiger partial charge is 0.507 e. The van der Waals surface area contributed by atoms with Crippen molar-refractivity contribution < 1.29 is 19.0 Å². The number of ether oxygens (including phenoxy) is 2. The van der Waals surface area contributed by atoms with Gasteiger partial charge in [0.2, 0.25) is 12.7 Å². The molecule has 1 aromatic heterocycles. The molecule has 0 bridgehead atoms. The highest BCUT2D eigenvalue weighted by Gasteiger charge is 2.24. The summed E-state index contributed by atoms with van der Waals surface area (Å²) < 4.78 is 24.0. The molecule has 6 nitrogen and oxygen atoms in total.